The molecule has 0 bridgehead atoms. The van der Waals surface area contributed by atoms with Gasteiger partial charge in [0.05, 0.1) is 24.9 Å². The van der Waals surface area contributed by atoms with Crippen LogP contribution in [-0.2, 0) is 21.3 Å². The van der Waals surface area contributed by atoms with Gasteiger partial charge >= 0.3 is 5.97 Å². The van der Waals surface area contributed by atoms with Crippen LogP contribution in [0.2, 0.25) is 0 Å². The second kappa shape index (κ2) is 5.89. The van der Waals surface area contributed by atoms with Crippen molar-refractivity contribution < 1.29 is 22.5 Å². The van der Waals surface area contributed by atoms with Crippen molar-refractivity contribution in [2.45, 2.75) is 11.4 Å². The molecular weight excluding hydrogens is 300 g/mol. The van der Waals surface area contributed by atoms with E-state index in [0.717, 1.165) is 6.39 Å². The third-order valence-electron chi connectivity index (χ3n) is 2.55. The Morgan fingerprint density at radius 3 is 2.81 bits per heavy atom. The van der Waals surface area contributed by atoms with Crippen molar-refractivity contribution >= 4 is 21.7 Å². The summed E-state index contributed by atoms with van der Waals surface area (Å²) >= 11 is 0. The van der Waals surface area contributed by atoms with Crippen LogP contribution >= 0.6 is 0 Å². The fraction of sp³-hybridized carbons (Fsp3) is 0.182. The van der Waals surface area contributed by atoms with Gasteiger partial charge in [-0.1, -0.05) is 5.16 Å². The van der Waals surface area contributed by atoms with Gasteiger partial charge in [0.1, 0.15) is 4.90 Å². The molecule has 0 saturated heterocycles. The molecule has 2 aromatic rings. The fourth-order valence-corrected chi connectivity index (χ4v) is 2.64. The van der Waals surface area contributed by atoms with Crippen LogP contribution in [0, 0.1) is 0 Å². The highest BCUT2D eigenvalue weighted by Gasteiger charge is 2.19. The summed E-state index contributed by atoms with van der Waals surface area (Å²) in [6.07, 6.45) is 1.09. The van der Waals surface area contributed by atoms with E-state index in [1.165, 1.54) is 25.3 Å². The van der Waals surface area contributed by atoms with Gasteiger partial charge in [-0.15, -0.1) is 0 Å². The smallest absolute Gasteiger partial charge is 0.337 e. The number of sulfonamides is 1. The molecule has 0 aliphatic rings. The number of hydrogen-bond donors (Lipinski definition) is 2. The lowest BCUT2D eigenvalue weighted by Crippen LogP contribution is -2.24. The third-order valence-corrected chi connectivity index (χ3v) is 4.02. The zero-order chi connectivity index (χ0) is 15.5. The zero-order valence-corrected chi connectivity index (χ0v) is 11.8. The Morgan fingerprint density at radius 2 is 2.24 bits per heavy atom. The third kappa shape index (κ3) is 3.35. The van der Waals surface area contributed by atoms with Crippen molar-refractivity contribution in [3.05, 3.63) is 36.0 Å². The predicted molar refractivity (Wildman–Crippen MR) is 70.5 cm³/mol. The minimum atomic E-state index is -3.87. The van der Waals surface area contributed by atoms with Crippen LogP contribution in [0.25, 0.3) is 0 Å². The van der Waals surface area contributed by atoms with Crippen LogP contribution in [0.15, 0.2) is 34.0 Å². The SMILES string of the molecule is COC(=O)c1ccc(S(=O)(=O)NCc2ncon2)c(N)c1. The molecule has 0 aliphatic carbocycles. The van der Waals surface area contributed by atoms with Crippen LogP contribution in [-0.4, -0.2) is 31.6 Å². The van der Waals surface area contributed by atoms with Gasteiger partial charge < -0.3 is 15.0 Å². The summed E-state index contributed by atoms with van der Waals surface area (Å²) in [6.45, 7) is -0.142. The van der Waals surface area contributed by atoms with Crippen molar-refractivity contribution in [1.82, 2.24) is 14.9 Å². The molecule has 21 heavy (non-hydrogen) atoms. The van der Waals surface area contributed by atoms with Gasteiger partial charge in [0.15, 0.2) is 5.82 Å². The first kappa shape index (κ1) is 14.9. The van der Waals surface area contributed by atoms with Gasteiger partial charge in [0, 0.05) is 0 Å². The number of aromatic nitrogens is 2. The molecule has 1 aromatic carbocycles. The Morgan fingerprint density at radius 1 is 1.48 bits per heavy atom. The maximum atomic E-state index is 12.1. The molecule has 0 amide bonds. The fourth-order valence-electron chi connectivity index (χ4n) is 1.55. The highest BCUT2D eigenvalue weighted by atomic mass is 32.2. The van der Waals surface area contributed by atoms with Crippen LogP contribution in [0.3, 0.4) is 0 Å². The minimum Gasteiger partial charge on any atom is -0.465 e. The molecule has 0 aliphatic heterocycles. The zero-order valence-electron chi connectivity index (χ0n) is 10.9. The second-order valence-corrected chi connectivity index (χ2v) is 5.65. The van der Waals surface area contributed by atoms with E-state index >= 15 is 0 Å². The molecule has 112 valence electrons. The molecule has 0 unspecified atom stereocenters. The molecule has 1 aromatic heterocycles. The average molecular weight is 312 g/mol. The van der Waals surface area contributed by atoms with Crippen molar-refractivity contribution in [3.8, 4) is 0 Å². The van der Waals surface area contributed by atoms with Crippen LogP contribution < -0.4 is 10.5 Å². The van der Waals surface area contributed by atoms with Crippen molar-refractivity contribution in [2.75, 3.05) is 12.8 Å². The number of esters is 1. The number of nitrogen functional groups attached to an aromatic ring is 1. The average Bonchev–Trinajstić information content (AvgIpc) is 2.97. The van der Waals surface area contributed by atoms with Gasteiger partial charge in [-0.05, 0) is 18.2 Å². The predicted octanol–water partition coefficient (Wildman–Crippen LogP) is -0.0831. The lowest BCUT2D eigenvalue weighted by atomic mass is 10.2. The number of hydrogen-bond acceptors (Lipinski definition) is 8. The summed E-state index contributed by atoms with van der Waals surface area (Å²) < 4.78 is 35.5. The number of nitrogens with one attached hydrogen (secondary N) is 1. The van der Waals surface area contributed by atoms with Crippen LogP contribution in [0.4, 0.5) is 5.69 Å². The van der Waals surface area contributed by atoms with Gasteiger partial charge in [0.25, 0.3) is 0 Å². The lowest BCUT2D eigenvalue weighted by molar-refractivity contribution is 0.0600. The Kier molecular flexibility index (Phi) is 4.19. The van der Waals surface area contributed by atoms with Crippen molar-refractivity contribution in [1.29, 1.82) is 0 Å². The number of methoxy groups -OCH3 is 1. The molecule has 10 heteroatoms. The molecule has 1 heterocycles. The first-order valence-corrected chi connectivity index (χ1v) is 7.15. The Hall–Kier alpha value is -2.46. The second-order valence-electron chi connectivity index (χ2n) is 3.92. The number of ether oxygens (including phenoxy) is 1. The highest BCUT2D eigenvalue weighted by molar-refractivity contribution is 7.89. The summed E-state index contributed by atoms with van der Waals surface area (Å²) in [4.78, 5) is 14.9. The molecule has 0 spiro atoms. The maximum Gasteiger partial charge on any atom is 0.337 e. The maximum absolute atomic E-state index is 12.1. The Balaban J connectivity index is 2.21. The molecular formula is C11H12N4O5S. The van der Waals surface area contributed by atoms with Crippen molar-refractivity contribution in [3.63, 3.8) is 0 Å². The van der Waals surface area contributed by atoms with E-state index in [9.17, 15) is 13.2 Å². The summed E-state index contributed by atoms with van der Waals surface area (Å²) in [5.41, 5.74) is 5.76. The molecule has 2 rings (SSSR count). The first-order valence-electron chi connectivity index (χ1n) is 5.67. The van der Waals surface area contributed by atoms with Gasteiger partial charge in [-0.25, -0.2) is 17.9 Å². The largest absolute Gasteiger partial charge is 0.465 e. The molecule has 3 N–H and O–H groups in total. The Bertz CT molecular complexity index is 742. The van der Waals surface area contributed by atoms with Gasteiger partial charge in [-0.3, -0.25) is 0 Å². The molecule has 0 atom stereocenters. The number of carbonyl (C=O) groups is 1. The van der Waals surface area contributed by atoms with Crippen LogP contribution in [0.5, 0.6) is 0 Å². The minimum absolute atomic E-state index is 0.0708. The monoisotopic (exact) mass is 312 g/mol. The van der Waals surface area contributed by atoms with E-state index in [1.807, 2.05) is 0 Å². The van der Waals surface area contributed by atoms with Crippen molar-refractivity contribution in [2.24, 2.45) is 0 Å². The lowest BCUT2D eigenvalue weighted by Gasteiger charge is -2.09. The molecule has 0 fully saturated rings. The summed E-state index contributed by atoms with van der Waals surface area (Å²) in [5, 5.41) is 3.48. The number of nitrogens with two attached hydrogens (primary N) is 1. The highest BCUT2D eigenvalue weighted by Crippen LogP contribution is 2.20. The van der Waals surface area contributed by atoms with E-state index in [0.29, 0.717) is 0 Å². The number of rotatable bonds is 5. The first-order chi connectivity index (χ1) is 9.94. The van der Waals surface area contributed by atoms with E-state index < -0.39 is 16.0 Å². The number of carbonyl (C=O) groups excluding carboxylic acids is 1. The molecule has 0 saturated carbocycles. The Labute approximate surface area is 120 Å². The number of anilines is 1. The van der Waals surface area contributed by atoms with Crippen LogP contribution in [0.1, 0.15) is 16.2 Å². The normalized spacial score (nSPS) is 11.3. The van der Waals surface area contributed by atoms with E-state index in [4.69, 9.17) is 5.73 Å². The molecule has 0 radical (unpaired) electrons. The van der Waals surface area contributed by atoms with Gasteiger partial charge in [0.2, 0.25) is 16.4 Å². The summed E-state index contributed by atoms with van der Waals surface area (Å²) in [7, 11) is -2.65. The quantitative estimate of drug-likeness (QED) is 0.577. The molecule has 9 nitrogen and oxygen atoms in total. The number of nitrogens with zero attached hydrogens (tertiary/aromatic N) is 2. The van der Waals surface area contributed by atoms with Gasteiger partial charge in [-0.2, -0.15) is 4.98 Å². The topological polar surface area (TPSA) is 137 Å². The summed E-state index contributed by atoms with van der Waals surface area (Å²) in [6, 6.07) is 3.76. The standard InChI is InChI=1S/C11H12N4O5S/c1-19-11(16)7-2-3-9(8(12)4-7)21(17,18)14-5-10-13-6-20-15-10/h2-4,6,14H,5,12H2,1H3. The number of benzene rings is 1. The van der Waals surface area contributed by atoms with E-state index in [2.05, 4.69) is 24.1 Å². The van der Waals surface area contributed by atoms with E-state index in [1.54, 1.807) is 0 Å². The summed E-state index contributed by atoms with van der Waals surface area (Å²) in [5.74, 6) is -0.422. The van der Waals surface area contributed by atoms with E-state index in [-0.39, 0.29) is 28.5 Å².